The minimum atomic E-state index is -3.07. The summed E-state index contributed by atoms with van der Waals surface area (Å²) in [6, 6.07) is 6.07. The van der Waals surface area contributed by atoms with Crippen LogP contribution in [0.25, 0.3) is 0 Å². The molecule has 2 N–H and O–H groups in total. The Balaban J connectivity index is 1.94. The lowest BCUT2D eigenvalue weighted by molar-refractivity contribution is 0.110. The summed E-state index contributed by atoms with van der Waals surface area (Å²) in [6.07, 6.45) is 0.704. The zero-order valence-electron chi connectivity index (χ0n) is 17.7. The molecule has 29 heavy (non-hydrogen) atoms. The summed E-state index contributed by atoms with van der Waals surface area (Å²) >= 11 is 0. The molecule has 0 radical (unpaired) electrons. The van der Waals surface area contributed by atoms with E-state index in [4.69, 9.17) is 9.47 Å². The van der Waals surface area contributed by atoms with Crippen LogP contribution in [-0.4, -0.2) is 70.4 Å². The predicted molar refractivity (Wildman–Crippen MR) is 116 cm³/mol. The molecule has 1 aliphatic rings. The number of hydrogen-bond donors (Lipinski definition) is 2. The van der Waals surface area contributed by atoms with Gasteiger partial charge in [-0.25, -0.2) is 17.7 Å². The third-order valence-corrected chi connectivity index (χ3v) is 6.48. The van der Waals surface area contributed by atoms with E-state index in [2.05, 4.69) is 15.6 Å². The maximum Gasteiger partial charge on any atom is 0.214 e. The summed E-state index contributed by atoms with van der Waals surface area (Å²) in [5, 5.41) is 6.42. The average molecular weight is 427 g/mol. The number of rotatable bonds is 11. The Kier molecular flexibility index (Phi) is 9.69. The molecule has 0 bridgehead atoms. The summed E-state index contributed by atoms with van der Waals surface area (Å²) in [4.78, 5) is 4.63. The van der Waals surface area contributed by atoms with Gasteiger partial charge in [-0.1, -0.05) is 12.1 Å². The zero-order chi connectivity index (χ0) is 21.1. The van der Waals surface area contributed by atoms with Crippen molar-refractivity contribution in [3.8, 4) is 5.75 Å². The molecule has 9 heteroatoms. The number of aliphatic imine (C=N–C) groups is 1. The van der Waals surface area contributed by atoms with Gasteiger partial charge in [0.15, 0.2) is 5.96 Å². The second-order valence-corrected chi connectivity index (χ2v) is 8.94. The van der Waals surface area contributed by atoms with E-state index in [0.29, 0.717) is 58.4 Å². The molecular formula is C20H34N4O4S. The van der Waals surface area contributed by atoms with E-state index in [-0.39, 0.29) is 5.75 Å². The standard InChI is InChI=1S/C20H34N4O4S/c1-4-21-20(22-9-11-24-10-6-14-29(24,25)26)23-16-18-8-7-17(3)15-19(18)28-13-12-27-5-2/h7-8,15H,4-6,9-14,16H2,1-3H3,(H2,21,22,23). The topological polar surface area (TPSA) is 92.3 Å². The van der Waals surface area contributed by atoms with Crippen LogP contribution in [0, 0.1) is 6.92 Å². The molecule has 1 heterocycles. The highest BCUT2D eigenvalue weighted by atomic mass is 32.2. The van der Waals surface area contributed by atoms with Crippen molar-refractivity contribution in [3.05, 3.63) is 29.3 Å². The van der Waals surface area contributed by atoms with Gasteiger partial charge in [0.2, 0.25) is 10.0 Å². The van der Waals surface area contributed by atoms with Crippen molar-refractivity contribution in [2.45, 2.75) is 33.7 Å². The van der Waals surface area contributed by atoms with Gasteiger partial charge in [-0.2, -0.15) is 0 Å². The van der Waals surface area contributed by atoms with E-state index in [1.54, 1.807) is 0 Å². The molecule has 2 rings (SSSR count). The number of sulfonamides is 1. The molecular weight excluding hydrogens is 392 g/mol. The third-order valence-electron chi connectivity index (χ3n) is 4.52. The Hall–Kier alpha value is -1.84. The van der Waals surface area contributed by atoms with Crippen LogP contribution < -0.4 is 15.4 Å². The SMILES string of the molecule is CCNC(=NCc1ccc(C)cc1OCCOCC)NCCN1CCCS1(=O)=O. The largest absolute Gasteiger partial charge is 0.491 e. The molecule has 1 aliphatic heterocycles. The number of ether oxygens (including phenoxy) is 2. The molecule has 0 saturated carbocycles. The summed E-state index contributed by atoms with van der Waals surface area (Å²) in [5.41, 5.74) is 2.12. The van der Waals surface area contributed by atoms with Crippen molar-refractivity contribution in [3.63, 3.8) is 0 Å². The van der Waals surface area contributed by atoms with E-state index < -0.39 is 10.0 Å². The lowest BCUT2D eigenvalue weighted by Crippen LogP contribution is -2.42. The number of nitrogens with zero attached hydrogens (tertiary/aromatic N) is 2. The summed E-state index contributed by atoms with van der Waals surface area (Å²) in [7, 11) is -3.07. The van der Waals surface area contributed by atoms with Gasteiger partial charge in [0.25, 0.3) is 0 Å². The summed E-state index contributed by atoms with van der Waals surface area (Å²) in [5.74, 6) is 1.72. The summed E-state index contributed by atoms with van der Waals surface area (Å²) < 4.78 is 36.5. The van der Waals surface area contributed by atoms with Gasteiger partial charge in [-0.3, -0.25) is 0 Å². The molecule has 0 aliphatic carbocycles. The van der Waals surface area contributed by atoms with Crippen molar-refractivity contribution < 1.29 is 17.9 Å². The highest BCUT2D eigenvalue weighted by molar-refractivity contribution is 7.89. The number of guanidine groups is 1. The fourth-order valence-corrected chi connectivity index (χ4v) is 4.56. The number of nitrogens with one attached hydrogen (secondary N) is 2. The molecule has 164 valence electrons. The summed E-state index contributed by atoms with van der Waals surface area (Å²) in [6.45, 7) is 10.4. The Morgan fingerprint density at radius 3 is 2.76 bits per heavy atom. The predicted octanol–water partition coefficient (Wildman–Crippen LogP) is 1.50. The Labute approximate surface area is 174 Å². The van der Waals surface area contributed by atoms with E-state index in [9.17, 15) is 8.42 Å². The van der Waals surface area contributed by atoms with Gasteiger partial charge in [-0.15, -0.1) is 0 Å². The van der Waals surface area contributed by atoms with Gasteiger partial charge in [-0.05, 0) is 38.8 Å². The first-order valence-electron chi connectivity index (χ1n) is 10.3. The molecule has 1 aromatic rings. The second kappa shape index (κ2) is 12.0. The van der Waals surface area contributed by atoms with Crippen molar-refractivity contribution in [1.82, 2.24) is 14.9 Å². The number of aryl methyl sites for hydroxylation is 1. The lowest BCUT2D eigenvalue weighted by Gasteiger charge is -2.17. The first-order chi connectivity index (χ1) is 14.0. The quantitative estimate of drug-likeness (QED) is 0.317. The molecule has 1 aromatic carbocycles. The van der Waals surface area contributed by atoms with Gasteiger partial charge < -0.3 is 20.1 Å². The van der Waals surface area contributed by atoms with Crippen LogP contribution in [0.1, 0.15) is 31.4 Å². The van der Waals surface area contributed by atoms with Crippen molar-refractivity contribution in [1.29, 1.82) is 0 Å². The Morgan fingerprint density at radius 2 is 2.07 bits per heavy atom. The first kappa shape index (κ1) is 23.4. The van der Waals surface area contributed by atoms with Gasteiger partial charge in [0.1, 0.15) is 12.4 Å². The van der Waals surface area contributed by atoms with Crippen LogP contribution in [0.2, 0.25) is 0 Å². The normalized spacial score (nSPS) is 16.7. The van der Waals surface area contributed by atoms with E-state index in [1.807, 2.05) is 39.0 Å². The molecule has 1 saturated heterocycles. The minimum absolute atomic E-state index is 0.251. The maximum atomic E-state index is 11.9. The highest BCUT2D eigenvalue weighted by Crippen LogP contribution is 2.21. The number of hydrogen-bond acceptors (Lipinski definition) is 5. The Bertz CT molecular complexity index is 768. The van der Waals surface area contributed by atoms with Gasteiger partial charge >= 0.3 is 0 Å². The second-order valence-electron chi connectivity index (χ2n) is 6.85. The lowest BCUT2D eigenvalue weighted by atomic mass is 10.1. The van der Waals surface area contributed by atoms with Crippen molar-refractivity contribution in [2.24, 2.45) is 4.99 Å². The molecule has 8 nitrogen and oxygen atoms in total. The Morgan fingerprint density at radius 1 is 1.24 bits per heavy atom. The number of benzene rings is 1. The van der Waals surface area contributed by atoms with Gasteiger partial charge in [0, 0.05) is 38.3 Å². The molecule has 0 unspecified atom stereocenters. The highest BCUT2D eigenvalue weighted by Gasteiger charge is 2.27. The molecule has 0 atom stereocenters. The first-order valence-corrected chi connectivity index (χ1v) is 11.9. The van der Waals surface area contributed by atoms with Crippen molar-refractivity contribution >= 4 is 16.0 Å². The fraction of sp³-hybridized carbons (Fsp3) is 0.650. The van der Waals surface area contributed by atoms with E-state index >= 15 is 0 Å². The van der Waals surface area contributed by atoms with Crippen LogP contribution in [0.15, 0.2) is 23.2 Å². The van der Waals surface area contributed by atoms with Crippen molar-refractivity contribution in [2.75, 3.05) is 51.8 Å². The molecule has 1 fully saturated rings. The van der Waals surface area contributed by atoms with Gasteiger partial charge in [0.05, 0.1) is 18.9 Å². The third kappa shape index (κ3) is 7.83. The van der Waals surface area contributed by atoms with Crippen LogP contribution in [0.3, 0.4) is 0 Å². The van der Waals surface area contributed by atoms with Crippen LogP contribution in [-0.2, 0) is 21.3 Å². The maximum absolute atomic E-state index is 11.9. The molecule has 0 spiro atoms. The monoisotopic (exact) mass is 426 g/mol. The van der Waals surface area contributed by atoms with Crippen LogP contribution in [0.4, 0.5) is 0 Å². The molecule has 0 aromatic heterocycles. The minimum Gasteiger partial charge on any atom is -0.491 e. The van der Waals surface area contributed by atoms with Crippen LogP contribution in [0.5, 0.6) is 5.75 Å². The smallest absolute Gasteiger partial charge is 0.214 e. The van der Waals surface area contributed by atoms with E-state index in [0.717, 1.165) is 23.4 Å². The molecule has 0 amide bonds. The zero-order valence-corrected chi connectivity index (χ0v) is 18.6. The average Bonchev–Trinajstić information content (AvgIpc) is 3.02. The fourth-order valence-electron chi connectivity index (χ4n) is 3.03. The van der Waals surface area contributed by atoms with E-state index in [1.165, 1.54) is 4.31 Å². The van der Waals surface area contributed by atoms with Crippen LogP contribution >= 0.6 is 0 Å².